The number of nitrogens with zero attached hydrogens (tertiary/aromatic N) is 2. The van der Waals surface area contributed by atoms with E-state index in [1.54, 1.807) is 19.1 Å². The van der Waals surface area contributed by atoms with E-state index in [2.05, 4.69) is 14.7 Å². The van der Waals surface area contributed by atoms with Crippen molar-refractivity contribution in [1.82, 2.24) is 9.97 Å². The Balaban J connectivity index is 2.41. The Bertz CT molecular complexity index is 718. The number of rotatable bonds is 3. The number of hydrogen-bond acceptors (Lipinski definition) is 5. The SMILES string of the molecule is Cc1c(N)cccc1S(=O)(=O)Nc1ccnc(Cl)n1. The van der Waals surface area contributed by atoms with Crippen LogP contribution in [0.2, 0.25) is 5.28 Å². The van der Waals surface area contributed by atoms with Crippen molar-refractivity contribution in [3.63, 3.8) is 0 Å². The second-order valence-corrected chi connectivity index (χ2v) is 5.78. The predicted octanol–water partition coefficient (Wildman–Crippen LogP) is 1.82. The van der Waals surface area contributed by atoms with Gasteiger partial charge in [-0.2, -0.15) is 4.98 Å². The van der Waals surface area contributed by atoms with Crippen LogP contribution in [0.3, 0.4) is 0 Å². The minimum absolute atomic E-state index is 0.0375. The van der Waals surface area contributed by atoms with Crippen molar-refractivity contribution < 1.29 is 8.42 Å². The molecule has 6 nitrogen and oxygen atoms in total. The van der Waals surface area contributed by atoms with Crippen molar-refractivity contribution in [2.24, 2.45) is 0 Å². The third-order valence-electron chi connectivity index (χ3n) is 2.48. The second-order valence-electron chi connectivity index (χ2n) is 3.79. The van der Waals surface area contributed by atoms with Crippen LogP contribution >= 0.6 is 11.6 Å². The van der Waals surface area contributed by atoms with E-state index < -0.39 is 10.0 Å². The molecular formula is C11H11ClN4O2S. The summed E-state index contributed by atoms with van der Waals surface area (Å²) >= 11 is 5.60. The molecule has 0 saturated heterocycles. The molecule has 0 aliphatic carbocycles. The molecule has 0 fully saturated rings. The van der Waals surface area contributed by atoms with Gasteiger partial charge in [0.25, 0.3) is 10.0 Å². The Morgan fingerprint density at radius 2 is 2.05 bits per heavy atom. The largest absolute Gasteiger partial charge is 0.398 e. The van der Waals surface area contributed by atoms with Gasteiger partial charge < -0.3 is 5.73 Å². The topological polar surface area (TPSA) is 98.0 Å². The third kappa shape index (κ3) is 2.94. The molecule has 3 N–H and O–H groups in total. The average molecular weight is 299 g/mol. The summed E-state index contributed by atoms with van der Waals surface area (Å²) in [6.45, 7) is 1.64. The molecule has 0 aliphatic heterocycles. The predicted molar refractivity (Wildman–Crippen MR) is 73.4 cm³/mol. The van der Waals surface area contributed by atoms with Crippen molar-refractivity contribution in [3.05, 3.63) is 41.3 Å². The molecule has 1 heterocycles. The molecule has 0 aliphatic rings. The van der Waals surface area contributed by atoms with Gasteiger partial charge in [0, 0.05) is 11.9 Å². The summed E-state index contributed by atoms with van der Waals surface area (Å²) < 4.78 is 26.8. The van der Waals surface area contributed by atoms with Gasteiger partial charge in [-0.05, 0) is 42.3 Å². The molecule has 1 aromatic carbocycles. The number of sulfonamides is 1. The Morgan fingerprint density at radius 3 is 2.74 bits per heavy atom. The van der Waals surface area contributed by atoms with Gasteiger partial charge in [-0.3, -0.25) is 4.72 Å². The summed E-state index contributed by atoms with van der Waals surface area (Å²) in [4.78, 5) is 7.54. The van der Waals surface area contributed by atoms with Crippen LogP contribution in [0.1, 0.15) is 5.56 Å². The smallest absolute Gasteiger partial charge is 0.263 e. The van der Waals surface area contributed by atoms with Crippen LogP contribution in [0.15, 0.2) is 35.4 Å². The van der Waals surface area contributed by atoms with Crippen molar-refractivity contribution in [3.8, 4) is 0 Å². The Morgan fingerprint density at radius 1 is 1.32 bits per heavy atom. The number of benzene rings is 1. The summed E-state index contributed by atoms with van der Waals surface area (Å²) in [6.07, 6.45) is 1.36. The van der Waals surface area contributed by atoms with Crippen LogP contribution in [0.5, 0.6) is 0 Å². The van der Waals surface area contributed by atoms with Crippen molar-refractivity contribution in [2.75, 3.05) is 10.5 Å². The molecule has 0 atom stereocenters. The monoisotopic (exact) mass is 298 g/mol. The number of nitrogens with two attached hydrogens (primary N) is 1. The summed E-state index contributed by atoms with van der Waals surface area (Å²) in [6, 6.07) is 6.08. The maximum Gasteiger partial charge on any atom is 0.263 e. The lowest BCUT2D eigenvalue weighted by Crippen LogP contribution is -2.15. The number of anilines is 2. The maximum atomic E-state index is 12.2. The first-order chi connectivity index (χ1) is 8.90. The normalized spacial score (nSPS) is 11.3. The molecular weight excluding hydrogens is 288 g/mol. The summed E-state index contributed by atoms with van der Waals surface area (Å²) in [7, 11) is -3.76. The highest BCUT2D eigenvalue weighted by Crippen LogP contribution is 2.22. The lowest BCUT2D eigenvalue weighted by atomic mass is 10.2. The fraction of sp³-hybridized carbons (Fsp3) is 0.0909. The summed E-state index contributed by atoms with van der Waals surface area (Å²) in [5.41, 5.74) is 6.58. The average Bonchev–Trinajstić information content (AvgIpc) is 2.32. The highest BCUT2D eigenvalue weighted by molar-refractivity contribution is 7.92. The van der Waals surface area contributed by atoms with Crippen LogP contribution in [-0.4, -0.2) is 18.4 Å². The van der Waals surface area contributed by atoms with Gasteiger partial charge in [0.1, 0.15) is 5.82 Å². The number of nitrogen functional groups attached to an aromatic ring is 1. The Labute approximate surface area is 115 Å². The molecule has 0 amide bonds. The van der Waals surface area contributed by atoms with Gasteiger partial charge in [0.05, 0.1) is 4.90 Å². The van der Waals surface area contributed by atoms with Crippen LogP contribution < -0.4 is 10.5 Å². The molecule has 0 unspecified atom stereocenters. The van der Waals surface area contributed by atoms with E-state index in [0.29, 0.717) is 11.3 Å². The van der Waals surface area contributed by atoms with Crippen molar-refractivity contribution in [1.29, 1.82) is 0 Å². The van der Waals surface area contributed by atoms with Crippen LogP contribution in [0, 0.1) is 6.92 Å². The van der Waals surface area contributed by atoms with E-state index >= 15 is 0 Å². The molecule has 2 rings (SSSR count). The number of nitrogens with one attached hydrogen (secondary N) is 1. The quantitative estimate of drug-likeness (QED) is 0.665. The van der Waals surface area contributed by atoms with Gasteiger partial charge in [0.15, 0.2) is 0 Å². The summed E-state index contributed by atoms with van der Waals surface area (Å²) in [5, 5.41) is -0.0375. The first-order valence-corrected chi connectivity index (χ1v) is 7.13. The van der Waals surface area contributed by atoms with Gasteiger partial charge in [-0.1, -0.05) is 6.07 Å². The van der Waals surface area contributed by atoms with Crippen LogP contribution in [0.4, 0.5) is 11.5 Å². The minimum Gasteiger partial charge on any atom is -0.398 e. The van der Waals surface area contributed by atoms with E-state index in [0.717, 1.165) is 0 Å². The molecule has 0 bridgehead atoms. The zero-order valence-electron chi connectivity index (χ0n) is 9.96. The van der Waals surface area contributed by atoms with Crippen LogP contribution in [0.25, 0.3) is 0 Å². The standard InChI is InChI=1S/C11H11ClN4O2S/c1-7-8(13)3-2-4-9(7)19(17,18)16-10-5-6-14-11(12)15-10/h2-6H,13H2,1H3,(H,14,15,16). The van der Waals surface area contributed by atoms with Gasteiger partial charge in [-0.25, -0.2) is 13.4 Å². The first-order valence-electron chi connectivity index (χ1n) is 5.26. The summed E-state index contributed by atoms with van der Waals surface area (Å²) in [5.74, 6) is 0.0989. The molecule has 0 radical (unpaired) electrons. The van der Waals surface area contributed by atoms with Gasteiger partial charge >= 0.3 is 0 Å². The minimum atomic E-state index is -3.76. The second kappa shape index (κ2) is 5.02. The third-order valence-corrected chi connectivity index (χ3v) is 4.16. The lowest BCUT2D eigenvalue weighted by molar-refractivity contribution is 0.600. The van der Waals surface area contributed by atoms with Gasteiger partial charge in [-0.15, -0.1) is 0 Å². The highest BCUT2D eigenvalue weighted by atomic mass is 35.5. The molecule has 1 aromatic heterocycles. The fourth-order valence-electron chi connectivity index (χ4n) is 1.51. The zero-order chi connectivity index (χ0) is 14.0. The Kier molecular flexibility index (Phi) is 3.59. The van der Waals surface area contributed by atoms with Crippen molar-refractivity contribution >= 4 is 33.1 Å². The van der Waals surface area contributed by atoms with E-state index in [-0.39, 0.29) is 16.0 Å². The first kappa shape index (κ1) is 13.6. The molecule has 100 valence electrons. The zero-order valence-corrected chi connectivity index (χ0v) is 11.5. The van der Waals surface area contributed by atoms with E-state index in [1.807, 2.05) is 0 Å². The molecule has 19 heavy (non-hydrogen) atoms. The number of aromatic nitrogens is 2. The Hall–Kier alpha value is -1.86. The lowest BCUT2D eigenvalue weighted by Gasteiger charge is -2.10. The van der Waals surface area contributed by atoms with E-state index in [4.69, 9.17) is 17.3 Å². The van der Waals surface area contributed by atoms with E-state index in [9.17, 15) is 8.42 Å². The van der Waals surface area contributed by atoms with Gasteiger partial charge in [0.2, 0.25) is 5.28 Å². The van der Waals surface area contributed by atoms with Crippen molar-refractivity contribution in [2.45, 2.75) is 11.8 Å². The van der Waals surface area contributed by atoms with E-state index in [1.165, 1.54) is 18.3 Å². The molecule has 8 heteroatoms. The molecule has 0 saturated carbocycles. The maximum absolute atomic E-state index is 12.2. The number of halogens is 1. The van der Waals surface area contributed by atoms with Crippen LogP contribution in [-0.2, 0) is 10.0 Å². The number of hydrogen-bond donors (Lipinski definition) is 2. The molecule has 2 aromatic rings. The fourth-order valence-corrected chi connectivity index (χ4v) is 2.93. The molecule has 0 spiro atoms. The highest BCUT2D eigenvalue weighted by Gasteiger charge is 2.18.